The molecule has 0 radical (unpaired) electrons. The molecule has 0 atom stereocenters. The van der Waals surface area contributed by atoms with Crippen molar-refractivity contribution in [1.29, 1.82) is 0 Å². The molecule has 0 aliphatic heterocycles. The zero-order valence-electron chi connectivity index (χ0n) is 14.2. The fraction of sp³-hybridized carbons (Fsp3) is 0.353. The molecule has 0 spiro atoms. The van der Waals surface area contributed by atoms with E-state index in [1.54, 1.807) is 7.05 Å². The second kappa shape index (κ2) is 10.6. The maximum atomic E-state index is 5.72. The minimum absolute atomic E-state index is 0. The van der Waals surface area contributed by atoms with Gasteiger partial charge in [0.2, 0.25) is 0 Å². The van der Waals surface area contributed by atoms with Gasteiger partial charge in [-0.15, -0.1) is 24.0 Å². The lowest BCUT2D eigenvalue weighted by Gasteiger charge is -2.22. The summed E-state index contributed by atoms with van der Waals surface area (Å²) in [4.78, 5) is 6.41. The van der Waals surface area contributed by atoms with Crippen LogP contribution in [-0.4, -0.2) is 42.7 Å². The summed E-state index contributed by atoms with van der Waals surface area (Å²) in [5.74, 6) is 1.71. The number of hydrogen-bond acceptors (Lipinski definition) is 2. The van der Waals surface area contributed by atoms with Crippen LogP contribution in [0.15, 0.2) is 52.1 Å². The SMILES string of the molecule is CN=C(NCCOc1cccc(Br)c1)N(C)Cc1cccn1C.I. The van der Waals surface area contributed by atoms with Gasteiger partial charge in [0.15, 0.2) is 5.96 Å². The van der Waals surface area contributed by atoms with E-state index in [-0.39, 0.29) is 24.0 Å². The Labute approximate surface area is 169 Å². The van der Waals surface area contributed by atoms with Crippen LogP contribution >= 0.6 is 39.9 Å². The zero-order chi connectivity index (χ0) is 16.7. The lowest BCUT2D eigenvalue weighted by atomic mass is 10.3. The molecule has 1 aromatic heterocycles. The highest BCUT2D eigenvalue weighted by atomic mass is 127. The van der Waals surface area contributed by atoms with E-state index in [2.05, 4.69) is 41.8 Å². The number of halogens is 2. The summed E-state index contributed by atoms with van der Waals surface area (Å²) in [6.07, 6.45) is 2.05. The smallest absolute Gasteiger partial charge is 0.193 e. The highest BCUT2D eigenvalue weighted by molar-refractivity contribution is 14.0. The van der Waals surface area contributed by atoms with Crippen LogP contribution in [-0.2, 0) is 13.6 Å². The third-order valence-corrected chi connectivity index (χ3v) is 3.97. The van der Waals surface area contributed by atoms with Crippen LogP contribution in [0.3, 0.4) is 0 Å². The van der Waals surface area contributed by atoms with Crippen molar-refractivity contribution in [3.8, 4) is 5.75 Å². The van der Waals surface area contributed by atoms with E-state index >= 15 is 0 Å². The summed E-state index contributed by atoms with van der Waals surface area (Å²) in [5.41, 5.74) is 1.24. The molecule has 132 valence electrons. The van der Waals surface area contributed by atoms with Crippen LogP contribution in [0, 0.1) is 0 Å². The predicted octanol–water partition coefficient (Wildman–Crippen LogP) is 3.49. The van der Waals surface area contributed by atoms with Gasteiger partial charge in [0.25, 0.3) is 0 Å². The van der Waals surface area contributed by atoms with Crippen molar-refractivity contribution in [2.75, 3.05) is 27.2 Å². The fourth-order valence-corrected chi connectivity index (χ4v) is 2.63. The number of aromatic nitrogens is 1. The summed E-state index contributed by atoms with van der Waals surface area (Å²) in [5, 5.41) is 3.32. The van der Waals surface area contributed by atoms with Gasteiger partial charge in [0.1, 0.15) is 12.4 Å². The van der Waals surface area contributed by atoms with E-state index in [9.17, 15) is 0 Å². The van der Waals surface area contributed by atoms with Crippen molar-refractivity contribution < 1.29 is 4.74 Å². The molecule has 24 heavy (non-hydrogen) atoms. The first kappa shape index (κ1) is 20.8. The van der Waals surface area contributed by atoms with Crippen molar-refractivity contribution in [3.05, 3.63) is 52.8 Å². The van der Waals surface area contributed by atoms with Gasteiger partial charge in [-0.05, 0) is 30.3 Å². The van der Waals surface area contributed by atoms with E-state index in [0.29, 0.717) is 13.2 Å². The Morgan fingerprint density at radius 3 is 2.75 bits per heavy atom. The van der Waals surface area contributed by atoms with Crippen LogP contribution in [0.2, 0.25) is 0 Å². The molecule has 2 rings (SSSR count). The number of nitrogens with zero attached hydrogens (tertiary/aromatic N) is 3. The third kappa shape index (κ3) is 6.35. The van der Waals surface area contributed by atoms with Crippen molar-refractivity contribution in [2.45, 2.75) is 6.54 Å². The van der Waals surface area contributed by atoms with E-state index in [0.717, 1.165) is 22.7 Å². The molecule has 0 amide bonds. The highest BCUT2D eigenvalue weighted by Gasteiger charge is 2.07. The van der Waals surface area contributed by atoms with Crippen molar-refractivity contribution >= 4 is 45.9 Å². The first-order valence-electron chi connectivity index (χ1n) is 7.50. The molecule has 2 aromatic rings. The van der Waals surface area contributed by atoms with Gasteiger partial charge in [-0.3, -0.25) is 4.99 Å². The minimum atomic E-state index is 0. The Morgan fingerprint density at radius 2 is 2.12 bits per heavy atom. The van der Waals surface area contributed by atoms with Crippen LogP contribution < -0.4 is 10.1 Å². The monoisotopic (exact) mass is 506 g/mol. The average Bonchev–Trinajstić information content (AvgIpc) is 2.92. The first-order valence-corrected chi connectivity index (χ1v) is 8.30. The molecular weight excluding hydrogens is 483 g/mol. The molecule has 7 heteroatoms. The lowest BCUT2D eigenvalue weighted by molar-refractivity contribution is 0.319. The lowest BCUT2D eigenvalue weighted by Crippen LogP contribution is -2.40. The first-order chi connectivity index (χ1) is 11.1. The van der Waals surface area contributed by atoms with Crippen LogP contribution in [0.5, 0.6) is 5.75 Å². The summed E-state index contributed by atoms with van der Waals surface area (Å²) in [6, 6.07) is 12.0. The summed E-state index contributed by atoms with van der Waals surface area (Å²) in [6.45, 7) is 2.07. The average molecular weight is 507 g/mol. The second-order valence-corrected chi connectivity index (χ2v) is 6.16. The normalized spacial score (nSPS) is 10.9. The maximum Gasteiger partial charge on any atom is 0.193 e. The predicted molar refractivity (Wildman–Crippen MR) is 113 cm³/mol. The summed E-state index contributed by atoms with van der Waals surface area (Å²) < 4.78 is 8.84. The van der Waals surface area contributed by atoms with Crippen LogP contribution in [0.4, 0.5) is 0 Å². The van der Waals surface area contributed by atoms with Gasteiger partial charge < -0.3 is 19.5 Å². The molecule has 0 unspecified atom stereocenters. The minimum Gasteiger partial charge on any atom is -0.492 e. The molecule has 5 nitrogen and oxygen atoms in total. The Hall–Kier alpha value is -1.22. The van der Waals surface area contributed by atoms with E-state index in [4.69, 9.17) is 4.74 Å². The van der Waals surface area contributed by atoms with Gasteiger partial charge >= 0.3 is 0 Å². The van der Waals surface area contributed by atoms with E-state index in [1.807, 2.05) is 50.6 Å². The summed E-state index contributed by atoms with van der Waals surface area (Å²) in [7, 11) is 5.86. The molecule has 0 saturated heterocycles. The maximum absolute atomic E-state index is 5.72. The molecule has 0 aliphatic rings. The molecular formula is C17H24BrIN4O. The third-order valence-electron chi connectivity index (χ3n) is 3.47. The topological polar surface area (TPSA) is 41.8 Å². The van der Waals surface area contributed by atoms with Crippen molar-refractivity contribution in [1.82, 2.24) is 14.8 Å². The standard InChI is InChI=1S/C17H23BrN4O.HI/c1-19-17(22(3)13-15-7-5-10-21(15)2)20-9-11-23-16-8-4-6-14(18)12-16;/h4-8,10,12H,9,11,13H2,1-3H3,(H,19,20);1H. The number of aryl methyl sites for hydroxylation is 1. The number of ether oxygens (including phenoxy) is 1. The molecule has 1 N–H and O–H groups in total. The van der Waals surface area contributed by atoms with Gasteiger partial charge in [-0.25, -0.2) is 0 Å². The Bertz CT molecular complexity index is 660. The molecule has 1 aromatic carbocycles. The Kier molecular flexibility index (Phi) is 9.20. The van der Waals surface area contributed by atoms with E-state index in [1.165, 1.54) is 5.69 Å². The van der Waals surface area contributed by atoms with Crippen molar-refractivity contribution in [3.63, 3.8) is 0 Å². The Balaban J connectivity index is 0.00000288. The largest absolute Gasteiger partial charge is 0.492 e. The molecule has 0 aliphatic carbocycles. The van der Waals surface area contributed by atoms with Crippen molar-refractivity contribution in [2.24, 2.45) is 12.0 Å². The van der Waals surface area contributed by atoms with Gasteiger partial charge in [0, 0.05) is 37.5 Å². The quantitative estimate of drug-likeness (QED) is 0.282. The van der Waals surface area contributed by atoms with Gasteiger partial charge in [0.05, 0.1) is 13.1 Å². The van der Waals surface area contributed by atoms with Crippen LogP contribution in [0.1, 0.15) is 5.69 Å². The highest BCUT2D eigenvalue weighted by Crippen LogP contribution is 2.17. The number of rotatable bonds is 6. The molecule has 0 fully saturated rings. The fourth-order valence-electron chi connectivity index (χ4n) is 2.25. The molecule has 0 saturated carbocycles. The van der Waals surface area contributed by atoms with Gasteiger partial charge in [-0.2, -0.15) is 0 Å². The number of aliphatic imine (C=N–C) groups is 1. The number of nitrogens with one attached hydrogen (secondary N) is 1. The zero-order valence-corrected chi connectivity index (χ0v) is 18.1. The summed E-state index contributed by atoms with van der Waals surface area (Å²) >= 11 is 3.44. The molecule has 1 heterocycles. The van der Waals surface area contributed by atoms with Gasteiger partial charge in [-0.1, -0.05) is 22.0 Å². The number of hydrogen-bond donors (Lipinski definition) is 1. The number of guanidine groups is 1. The van der Waals surface area contributed by atoms with Crippen LogP contribution in [0.25, 0.3) is 0 Å². The Morgan fingerprint density at radius 1 is 1.33 bits per heavy atom. The second-order valence-electron chi connectivity index (χ2n) is 5.25. The van der Waals surface area contributed by atoms with E-state index < -0.39 is 0 Å². The number of benzene rings is 1. The molecule has 0 bridgehead atoms.